The summed E-state index contributed by atoms with van der Waals surface area (Å²) in [5, 5.41) is 2.85. The maximum atomic E-state index is 12.6. The van der Waals surface area contributed by atoms with Gasteiger partial charge in [0.25, 0.3) is 5.91 Å². The molecule has 3 rings (SSSR count). The molecule has 0 bridgehead atoms. The Bertz CT molecular complexity index is 1020. The fourth-order valence-electron chi connectivity index (χ4n) is 3.68. The van der Waals surface area contributed by atoms with Crippen LogP contribution in [0.3, 0.4) is 0 Å². The van der Waals surface area contributed by atoms with Gasteiger partial charge in [-0.25, -0.2) is 0 Å². The first-order valence-electron chi connectivity index (χ1n) is 9.71. The summed E-state index contributed by atoms with van der Waals surface area (Å²) in [4.78, 5) is 52.2. The monoisotopic (exact) mass is 407 g/mol. The predicted molar refractivity (Wildman–Crippen MR) is 113 cm³/mol. The Labute approximate surface area is 175 Å². The van der Waals surface area contributed by atoms with Gasteiger partial charge in [-0.3, -0.25) is 24.1 Å². The quantitative estimate of drug-likeness (QED) is 0.770. The number of hydrogen-bond donors (Lipinski definition) is 1. The molecule has 0 saturated carbocycles. The topological polar surface area (TPSA) is 86.8 Å². The average molecular weight is 407 g/mol. The molecule has 2 aromatic carbocycles. The second-order valence-corrected chi connectivity index (χ2v) is 7.69. The van der Waals surface area contributed by atoms with Gasteiger partial charge in [-0.05, 0) is 43.5 Å². The Morgan fingerprint density at radius 2 is 1.70 bits per heavy atom. The Hall–Kier alpha value is -3.48. The highest BCUT2D eigenvalue weighted by atomic mass is 16.2. The lowest BCUT2D eigenvalue weighted by molar-refractivity contribution is -0.138. The molecule has 1 aliphatic heterocycles. The van der Waals surface area contributed by atoms with Gasteiger partial charge < -0.3 is 10.2 Å². The van der Waals surface area contributed by atoms with E-state index in [1.54, 1.807) is 24.3 Å². The highest BCUT2D eigenvalue weighted by Crippen LogP contribution is 2.22. The number of benzene rings is 2. The lowest BCUT2D eigenvalue weighted by atomic mass is 9.98. The zero-order chi connectivity index (χ0) is 22.0. The summed E-state index contributed by atoms with van der Waals surface area (Å²) in [5.41, 5.74) is 4.80. The molecule has 2 aromatic rings. The minimum atomic E-state index is -0.487. The van der Waals surface area contributed by atoms with Gasteiger partial charge in [0.15, 0.2) is 0 Å². The molecule has 0 radical (unpaired) electrons. The largest absolute Gasteiger partial charge is 0.335 e. The van der Waals surface area contributed by atoms with Crippen molar-refractivity contribution in [2.24, 2.45) is 0 Å². The van der Waals surface area contributed by atoms with Gasteiger partial charge in [-0.2, -0.15) is 0 Å². The summed E-state index contributed by atoms with van der Waals surface area (Å²) in [7, 11) is 1.48. The van der Waals surface area contributed by atoms with Crippen molar-refractivity contribution in [3.05, 3.63) is 64.2 Å². The van der Waals surface area contributed by atoms with E-state index in [1.165, 1.54) is 11.9 Å². The van der Waals surface area contributed by atoms with Crippen molar-refractivity contribution in [2.45, 2.75) is 27.2 Å². The Morgan fingerprint density at radius 3 is 2.37 bits per heavy atom. The molecule has 0 atom stereocenters. The van der Waals surface area contributed by atoms with E-state index in [0.717, 1.165) is 27.3 Å². The number of hydrogen-bond acceptors (Lipinski definition) is 4. The lowest BCUT2D eigenvalue weighted by Crippen LogP contribution is -2.48. The van der Waals surface area contributed by atoms with Crippen molar-refractivity contribution in [3.63, 3.8) is 0 Å². The van der Waals surface area contributed by atoms with Gasteiger partial charge >= 0.3 is 0 Å². The molecule has 7 heteroatoms. The fourth-order valence-corrected chi connectivity index (χ4v) is 3.68. The van der Waals surface area contributed by atoms with E-state index in [0.29, 0.717) is 11.1 Å². The molecule has 30 heavy (non-hydrogen) atoms. The van der Waals surface area contributed by atoms with Gasteiger partial charge in [0, 0.05) is 18.3 Å². The highest BCUT2D eigenvalue weighted by Gasteiger charge is 2.32. The first-order chi connectivity index (χ1) is 14.2. The van der Waals surface area contributed by atoms with E-state index in [9.17, 15) is 19.2 Å². The number of likely N-dealkylation sites (N-methyl/N-ethyl adjacent to an activating group) is 1. The van der Waals surface area contributed by atoms with E-state index in [1.807, 2.05) is 32.9 Å². The number of imide groups is 1. The fraction of sp³-hybridized carbons (Fsp3) is 0.304. The van der Waals surface area contributed by atoms with E-state index in [-0.39, 0.29) is 18.9 Å². The van der Waals surface area contributed by atoms with Gasteiger partial charge in [0.1, 0.15) is 6.54 Å². The molecule has 1 aliphatic rings. The van der Waals surface area contributed by atoms with Crippen LogP contribution in [0.5, 0.6) is 0 Å². The first kappa shape index (κ1) is 21.2. The molecule has 0 unspecified atom stereocenters. The van der Waals surface area contributed by atoms with Gasteiger partial charge in [0.2, 0.25) is 17.7 Å². The summed E-state index contributed by atoms with van der Waals surface area (Å²) in [6.07, 6.45) is 0.0748. The molecule has 1 N–H and O–H groups in total. The normalized spacial score (nSPS) is 13.1. The molecule has 0 fully saturated rings. The lowest BCUT2D eigenvalue weighted by Gasteiger charge is -2.28. The Morgan fingerprint density at radius 1 is 1.07 bits per heavy atom. The number of nitrogens with one attached hydrogen (secondary N) is 1. The number of nitrogens with zero attached hydrogens (tertiary/aromatic N) is 2. The van der Waals surface area contributed by atoms with Crippen LogP contribution in [0.4, 0.5) is 5.69 Å². The predicted octanol–water partition coefficient (Wildman–Crippen LogP) is 2.23. The average Bonchev–Trinajstić information content (AvgIpc) is 2.67. The minimum absolute atomic E-state index is 0.0748. The van der Waals surface area contributed by atoms with Crippen LogP contribution in [0.15, 0.2) is 36.4 Å². The van der Waals surface area contributed by atoms with Crippen molar-refractivity contribution in [2.75, 3.05) is 25.5 Å². The second kappa shape index (κ2) is 8.49. The van der Waals surface area contributed by atoms with Gasteiger partial charge in [0.05, 0.1) is 13.0 Å². The number of rotatable bonds is 5. The first-order valence-corrected chi connectivity index (χ1v) is 9.71. The van der Waals surface area contributed by atoms with Crippen LogP contribution >= 0.6 is 0 Å². The van der Waals surface area contributed by atoms with Crippen LogP contribution in [-0.4, -0.2) is 53.6 Å². The number of fused-ring (bicyclic) bond motifs is 1. The number of aryl methyl sites for hydroxylation is 3. The molecule has 0 spiro atoms. The summed E-state index contributed by atoms with van der Waals surface area (Å²) in [6, 6.07) is 10.8. The standard InChI is InChI=1S/C23H25N3O4/c1-14-9-15(2)22(16(3)10-14)24-19(27)12-25(4)21(29)13-26-20(28)11-17-7-5-6-8-18(17)23(26)30/h5-10H,11-13H2,1-4H3,(H,24,27). The SMILES string of the molecule is Cc1cc(C)c(NC(=O)CN(C)C(=O)CN2C(=O)Cc3ccccc3C2=O)c(C)c1. The van der Waals surface area contributed by atoms with Crippen LogP contribution in [0.25, 0.3) is 0 Å². The van der Waals surface area contributed by atoms with Crippen molar-refractivity contribution in [3.8, 4) is 0 Å². The number of amides is 4. The molecule has 1 heterocycles. The van der Waals surface area contributed by atoms with Crippen LogP contribution < -0.4 is 5.32 Å². The maximum absolute atomic E-state index is 12.6. The third kappa shape index (κ3) is 4.40. The number of anilines is 1. The van der Waals surface area contributed by atoms with E-state index in [2.05, 4.69) is 5.32 Å². The molecule has 4 amide bonds. The smallest absolute Gasteiger partial charge is 0.261 e. The number of carbonyl (C=O) groups excluding carboxylic acids is 4. The second-order valence-electron chi connectivity index (χ2n) is 7.69. The number of carbonyl (C=O) groups is 4. The third-order valence-corrected chi connectivity index (χ3v) is 5.18. The van der Waals surface area contributed by atoms with Crippen LogP contribution in [0.1, 0.15) is 32.6 Å². The van der Waals surface area contributed by atoms with Crippen LogP contribution in [0.2, 0.25) is 0 Å². The molecule has 0 aliphatic carbocycles. The molecule has 0 saturated heterocycles. The summed E-state index contributed by atoms with van der Waals surface area (Å²) in [5.74, 6) is -1.74. The van der Waals surface area contributed by atoms with Gasteiger partial charge in [-0.15, -0.1) is 0 Å². The van der Waals surface area contributed by atoms with Crippen molar-refractivity contribution in [1.29, 1.82) is 0 Å². The van der Waals surface area contributed by atoms with Gasteiger partial charge in [-0.1, -0.05) is 35.9 Å². The Kier molecular flexibility index (Phi) is 6.01. The molecule has 156 valence electrons. The van der Waals surface area contributed by atoms with Crippen molar-refractivity contribution < 1.29 is 19.2 Å². The van der Waals surface area contributed by atoms with E-state index in [4.69, 9.17) is 0 Å². The van der Waals surface area contributed by atoms with Crippen LogP contribution in [0, 0.1) is 20.8 Å². The summed E-state index contributed by atoms with van der Waals surface area (Å²) >= 11 is 0. The minimum Gasteiger partial charge on any atom is -0.335 e. The molecule has 0 aromatic heterocycles. The van der Waals surface area contributed by atoms with E-state index >= 15 is 0 Å². The zero-order valence-corrected chi connectivity index (χ0v) is 17.6. The third-order valence-electron chi connectivity index (χ3n) is 5.18. The highest BCUT2D eigenvalue weighted by molar-refractivity contribution is 6.11. The van der Waals surface area contributed by atoms with Crippen molar-refractivity contribution in [1.82, 2.24) is 9.80 Å². The Balaban J connectivity index is 1.63. The molecule has 7 nitrogen and oxygen atoms in total. The van der Waals surface area contributed by atoms with Crippen molar-refractivity contribution >= 4 is 29.3 Å². The van der Waals surface area contributed by atoms with E-state index < -0.39 is 24.3 Å². The maximum Gasteiger partial charge on any atom is 0.261 e. The molecular formula is C23H25N3O4. The summed E-state index contributed by atoms with van der Waals surface area (Å²) < 4.78 is 0. The van der Waals surface area contributed by atoms with Crippen LogP contribution in [-0.2, 0) is 20.8 Å². The zero-order valence-electron chi connectivity index (χ0n) is 17.6. The molecular weight excluding hydrogens is 382 g/mol. The summed E-state index contributed by atoms with van der Waals surface area (Å²) in [6.45, 7) is 5.24.